The van der Waals surface area contributed by atoms with Crippen LogP contribution < -0.4 is 5.32 Å². The molecule has 1 nitrogen and oxygen atoms in total. The van der Waals surface area contributed by atoms with Crippen LogP contribution in [0.4, 0.5) is 0 Å². The molecule has 0 saturated heterocycles. The molecule has 0 aliphatic carbocycles. The van der Waals surface area contributed by atoms with E-state index in [4.69, 9.17) is 12.2 Å². The van der Waals surface area contributed by atoms with E-state index in [9.17, 15) is 0 Å². The van der Waals surface area contributed by atoms with E-state index in [1.54, 1.807) is 0 Å². The summed E-state index contributed by atoms with van der Waals surface area (Å²) in [5, 5.41) is 3.14. The maximum Gasteiger partial charge on any atom is 0.0276 e. The molecule has 0 radical (unpaired) electrons. The van der Waals surface area contributed by atoms with Crippen LogP contribution in [0.1, 0.15) is 13.3 Å². The molecule has 0 unspecified atom stereocenters. The standard InChI is InChI=1S/C6H9NS/c1-5-4-6(8)2-3-7-5/h2-3,5,7H,4H2,1H3/t5-/m1/s1. The van der Waals surface area contributed by atoms with Crippen LogP contribution in [-0.2, 0) is 0 Å². The minimum absolute atomic E-state index is 0.535. The number of rotatable bonds is 0. The lowest BCUT2D eigenvalue weighted by Crippen LogP contribution is -2.26. The van der Waals surface area contributed by atoms with Crippen molar-refractivity contribution in [2.75, 3.05) is 0 Å². The van der Waals surface area contributed by atoms with Crippen molar-refractivity contribution in [3.8, 4) is 0 Å². The minimum atomic E-state index is 0.535. The number of allylic oxidation sites excluding steroid dienone is 1. The van der Waals surface area contributed by atoms with Crippen molar-refractivity contribution in [1.82, 2.24) is 5.32 Å². The summed E-state index contributed by atoms with van der Waals surface area (Å²) in [5.74, 6) is 0. The molecule has 0 aromatic carbocycles. The first-order valence-corrected chi connectivity index (χ1v) is 3.15. The van der Waals surface area contributed by atoms with Gasteiger partial charge in [-0.05, 0) is 19.2 Å². The van der Waals surface area contributed by atoms with Gasteiger partial charge in [0.2, 0.25) is 0 Å². The predicted molar refractivity (Wildman–Crippen MR) is 39.0 cm³/mol. The number of nitrogens with one attached hydrogen (secondary N) is 1. The first-order chi connectivity index (χ1) is 3.79. The van der Waals surface area contributed by atoms with E-state index < -0.39 is 0 Å². The van der Waals surface area contributed by atoms with Crippen molar-refractivity contribution < 1.29 is 0 Å². The number of hydrogen-bond acceptors (Lipinski definition) is 2. The highest BCUT2D eigenvalue weighted by Crippen LogP contribution is 2.00. The summed E-state index contributed by atoms with van der Waals surface area (Å²) in [6.45, 7) is 2.12. The van der Waals surface area contributed by atoms with Crippen LogP contribution in [0.25, 0.3) is 0 Å². The molecule has 0 fully saturated rings. The number of thiocarbonyl (C=S) groups is 1. The van der Waals surface area contributed by atoms with Crippen LogP contribution in [-0.4, -0.2) is 10.9 Å². The second kappa shape index (κ2) is 2.27. The normalized spacial score (nSPS) is 27.6. The zero-order valence-corrected chi connectivity index (χ0v) is 5.66. The van der Waals surface area contributed by atoms with Gasteiger partial charge in [-0.15, -0.1) is 0 Å². The molecule has 0 bridgehead atoms. The van der Waals surface area contributed by atoms with Crippen LogP contribution in [0.15, 0.2) is 12.3 Å². The fraction of sp³-hybridized carbons (Fsp3) is 0.500. The molecule has 0 saturated carbocycles. The van der Waals surface area contributed by atoms with Crippen molar-refractivity contribution in [2.24, 2.45) is 0 Å². The molecule has 44 valence electrons. The van der Waals surface area contributed by atoms with E-state index in [1.807, 2.05) is 12.3 Å². The predicted octanol–water partition coefficient (Wildman–Crippen LogP) is 1.25. The maximum absolute atomic E-state index is 4.96. The molecule has 1 atom stereocenters. The molecule has 1 aliphatic rings. The molecular weight excluding hydrogens is 118 g/mol. The zero-order valence-electron chi connectivity index (χ0n) is 4.85. The Morgan fingerprint density at radius 3 is 3.00 bits per heavy atom. The first kappa shape index (κ1) is 5.76. The molecule has 1 heterocycles. The van der Waals surface area contributed by atoms with Crippen molar-refractivity contribution in [1.29, 1.82) is 0 Å². The molecule has 1 aliphatic heterocycles. The first-order valence-electron chi connectivity index (χ1n) is 2.74. The second-order valence-corrected chi connectivity index (χ2v) is 2.60. The van der Waals surface area contributed by atoms with Gasteiger partial charge in [0.15, 0.2) is 0 Å². The Bertz CT molecular complexity index is 128. The average Bonchev–Trinajstić information content (AvgIpc) is 1.64. The lowest BCUT2D eigenvalue weighted by Gasteiger charge is -2.14. The van der Waals surface area contributed by atoms with Crippen LogP contribution in [0.3, 0.4) is 0 Å². The summed E-state index contributed by atoms with van der Waals surface area (Å²) in [7, 11) is 0. The van der Waals surface area contributed by atoms with Crippen molar-refractivity contribution >= 4 is 17.1 Å². The van der Waals surface area contributed by atoms with Gasteiger partial charge in [-0.1, -0.05) is 12.2 Å². The third-order valence-corrected chi connectivity index (χ3v) is 1.46. The highest BCUT2D eigenvalue weighted by molar-refractivity contribution is 7.80. The quantitative estimate of drug-likeness (QED) is 0.491. The molecular formula is C6H9NS. The van der Waals surface area contributed by atoms with Gasteiger partial charge in [0, 0.05) is 17.3 Å². The summed E-state index contributed by atoms with van der Waals surface area (Å²) in [4.78, 5) is 1.05. The number of hydrogen-bond donors (Lipinski definition) is 1. The zero-order chi connectivity index (χ0) is 5.98. The summed E-state index contributed by atoms with van der Waals surface area (Å²) in [6.07, 6.45) is 4.86. The molecule has 0 aromatic rings. The largest absolute Gasteiger partial charge is 0.388 e. The van der Waals surface area contributed by atoms with Gasteiger partial charge in [-0.25, -0.2) is 0 Å². The summed E-state index contributed by atoms with van der Waals surface area (Å²) < 4.78 is 0. The Morgan fingerprint density at radius 1 is 1.88 bits per heavy atom. The summed E-state index contributed by atoms with van der Waals surface area (Å²) in [5.41, 5.74) is 0. The van der Waals surface area contributed by atoms with Crippen LogP contribution in [0, 0.1) is 0 Å². The molecule has 1 N–H and O–H groups in total. The van der Waals surface area contributed by atoms with E-state index in [1.165, 1.54) is 0 Å². The van der Waals surface area contributed by atoms with Gasteiger partial charge in [-0.3, -0.25) is 0 Å². The SMILES string of the molecule is C[C@@H]1CC(=S)C=CN1. The van der Waals surface area contributed by atoms with E-state index >= 15 is 0 Å². The molecule has 1 rings (SSSR count). The van der Waals surface area contributed by atoms with Crippen LogP contribution in [0.5, 0.6) is 0 Å². The fourth-order valence-corrected chi connectivity index (χ4v) is 1.05. The van der Waals surface area contributed by atoms with Gasteiger partial charge in [0.05, 0.1) is 0 Å². The third kappa shape index (κ3) is 1.30. The van der Waals surface area contributed by atoms with Gasteiger partial charge < -0.3 is 5.32 Å². The summed E-state index contributed by atoms with van der Waals surface area (Å²) >= 11 is 4.96. The van der Waals surface area contributed by atoms with Gasteiger partial charge in [-0.2, -0.15) is 0 Å². The fourth-order valence-electron chi connectivity index (χ4n) is 0.734. The highest BCUT2D eigenvalue weighted by Gasteiger charge is 2.04. The van der Waals surface area contributed by atoms with Gasteiger partial charge >= 0.3 is 0 Å². The van der Waals surface area contributed by atoms with E-state index in [0.717, 1.165) is 11.3 Å². The van der Waals surface area contributed by atoms with Gasteiger partial charge in [0.1, 0.15) is 0 Å². The second-order valence-electron chi connectivity index (χ2n) is 2.07. The molecule has 0 spiro atoms. The van der Waals surface area contributed by atoms with Crippen molar-refractivity contribution in [3.63, 3.8) is 0 Å². The Kier molecular flexibility index (Phi) is 1.63. The Labute approximate surface area is 54.8 Å². The average molecular weight is 127 g/mol. The van der Waals surface area contributed by atoms with Gasteiger partial charge in [0.25, 0.3) is 0 Å². The molecule has 2 heteroatoms. The smallest absolute Gasteiger partial charge is 0.0276 e. The lowest BCUT2D eigenvalue weighted by molar-refractivity contribution is 0.658. The van der Waals surface area contributed by atoms with E-state index in [2.05, 4.69) is 12.2 Å². The Balaban J connectivity index is 2.54. The molecule has 0 amide bonds. The monoisotopic (exact) mass is 127 g/mol. The Hall–Kier alpha value is -0.370. The van der Waals surface area contributed by atoms with Crippen LogP contribution in [0.2, 0.25) is 0 Å². The molecule has 8 heavy (non-hydrogen) atoms. The van der Waals surface area contributed by atoms with E-state index in [-0.39, 0.29) is 0 Å². The molecule has 0 aromatic heterocycles. The Morgan fingerprint density at radius 2 is 2.62 bits per heavy atom. The minimum Gasteiger partial charge on any atom is -0.388 e. The van der Waals surface area contributed by atoms with Crippen molar-refractivity contribution in [2.45, 2.75) is 19.4 Å². The summed E-state index contributed by atoms with van der Waals surface area (Å²) in [6, 6.07) is 0.535. The highest BCUT2D eigenvalue weighted by atomic mass is 32.1. The lowest BCUT2D eigenvalue weighted by atomic mass is 10.1. The third-order valence-electron chi connectivity index (χ3n) is 1.16. The van der Waals surface area contributed by atoms with E-state index in [0.29, 0.717) is 6.04 Å². The maximum atomic E-state index is 4.96. The van der Waals surface area contributed by atoms with Crippen LogP contribution >= 0.6 is 12.2 Å². The van der Waals surface area contributed by atoms with Crippen molar-refractivity contribution in [3.05, 3.63) is 12.3 Å². The topological polar surface area (TPSA) is 12.0 Å².